The largest absolute Gasteiger partial charge is 0.350 e. The predicted molar refractivity (Wildman–Crippen MR) is 126 cm³/mol. The van der Waals surface area contributed by atoms with Gasteiger partial charge in [-0.1, -0.05) is 60.7 Å². The first kappa shape index (κ1) is 21.3. The van der Waals surface area contributed by atoms with Crippen LogP contribution in [0.4, 0.5) is 0 Å². The summed E-state index contributed by atoms with van der Waals surface area (Å²) in [5.41, 5.74) is 3.19. The Morgan fingerprint density at radius 1 is 1.06 bits per heavy atom. The molecular formula is C26H28N2O2S. The molecule has 4 rings (SSSR count). The van der Waals surface area contributed by atoms with E-state index in [1.54, 1.807) is 11.3 Å². The summed E-state index contributed by atoms with van der Waals surface area (Å²) in [5.74, 6) is 0.106. The maximum Gasteiger partial charge on any atom is 0.220 e. The van der Waals surface area contributed by atoms with E-state index in [1.165, 1.54) is 16.7 Å². The Hall–Kier alpha value is -2.92. The first-order valence-electron chi connectivity index (χ1n) is 10.8. The lowest BCUT2D eigenvalue weighted by atomic mass is 9.84. The summed E-state index contributed by atoms with van der Waals surface area (Å²) in [6.45, 7) is 2.01. The smallest absolute Gasteiger partial charge is 0.220 e. The van der Waals surface area contributed by atoms with Gasteiger partial charge in [0.15, 0.2) is 0 Å². The lowest BCUT2D eigenvalue weighted by Gasteiger charge is -2.29. The summed E-state index contributed by atoms with van der Waals surface area (Å²) >= 11 is 1.65. The van der Waals surface area contributed by atoms with Crippen LogP contribution in [0.3, 0.4) is 0 Å². The lowest BCUT2D eigenvalue weighted by molar-refractivity contribution is -0.123. The van der Waals surface area contributed by atoms with Crippen LogP contribution < -0.4 is 10.6 Å². The average Bonchev–Trinajstić information content (AvgIpc) is 3.44. The molecule has 4 nitrogen and oxygen atoms in total. The van der Waals surface area contributed by atoms with Crippen molar-refractivity contribution in [1.82, 2.24) is 10.6 Å². The quantitative estimate of drug-likeness (QED) is 0.510. The minimum Gasteiger partial charge on any atom is -0.350 e. The zero-order valence-corrected chi connectivity index (χ0v) is 18.6. The Kier molecular flexibility index (Phi) is 6.52. The normalized spacial score (nSPS) is 19.1. The van der Waals surface area contributed by atoms with E-state index in [9.17, 15) is 9.59 Å². The van der Waals surface area contributed by atoms with Crippen molar-refractivity contribution in [2.75, 3.05) is 0 Å². The van der Waals surface area contributed by atoms with Gasteiger partial charge in [-0.05, 0) is 54.3 Å². The Morgan fingerprint density at radius 2 is 1.81 bits per heavy atom. The van der Waals surface area contributed by atoms with Gasteiger partial charge in [0, 0.05) is 23.3 Å². The molecule has 1 saturated heterocycles. The molecule has 160 valence electrons. The van der Waals surface area contributed by atoms with Gasteiger partial charge in [-0.15, -0.1) is 11.3 Å². The highest BCUT2D eigenvalue weighted by atomic mass is 32.1. The van der Waals surface area contributed by atoms with E-state index in [4.69, 9.17) is 0 Å². The van der Waals surface area contributed by atoms with Crippen LogP contribution in [0.25, 0.3) is 11.1 Å². The molecule has 1 aromatic heterocycles. The molecule has 2 atom stereocenters. The van der Waals surface area contributed by atoms with Crippen LogP contribution in [0.15, 0.2) is 72.1 Å². The van der Waals surface area contributed by atoms with Crippen molar-refractivity contribution >= 4 is 23.2 Å². The van der Waals surface area contributed by atoms with Crippen LogP contribution in [0, 0.1) is 0 Å². The number of carbonyl (C=O) groups is 2. The molecule has 1 aliphatic heterocycles. The van der Waals surface area contributed by atoms with Gasteiger partial charge in [0.05, 0.1) is 6.04 Å². The molecule has 5 heteroatoms. The molecule has 0 unspecified atom stereocenters. The summed E-state index contributed by atoms with van der Waals surface area (Å²) in [4.78, 5) is 25.8. The third-order valence-corrected chi connectivity index (χ3v) is 7.07. The Labute approximate surface area is 187 Å². The van der Waals surface area contributed by atoms with Crippen molar-refractivity contribution in [2.24, 2.45) is 0 Å². The topological polar surface area (TPSA) is 58.2 Å². The van der Waals surface area contributed by atoms with E-state index < -0.39 is 0 Å². The fourth-order valence-electron chi connectivity index (χ4n) is 4.29. The fraction of sp³-hybridized carbons (Fsp3) is 0.308. The lowest BCUT2D eigenvalue weighted by Crippen LogP contribution is -2.44. The van der Waals surface area contributed by atoms with Gasteiger partial charge >= 0.3 is 0 Å². The molecule has 2 aromatic carbocycles. The molecule has 1 aliphatic rings. The molecule has 3 aromatic rings. The van der Waals surface area contributed by atoms with Gasteiger partial charge in [0.25, 0.3) is 0 Å². The average molecular weight is 433 g/mol. The summed E-state index contributed by atoms with van der Waals surface area (Å²) in [7, 11) is 0. The van der Waals surface area contributed by atoms with Crippen LogP contribution in [-0.4, -0.2) is 17.4 Å². The highest BCUT2D eigenvalue weighted by Crippen LogP contribution is 2.31. The standard InChI is InChI=1S/C26H28N2O2S/c1-19(23-8-5-17-31-23)27-24(29)13-15-26(16-14-25(30)28-26)18-20-9-11-22(12-10-20)21-6-3-2-4-7-21/h2-12,17,19H,13-16,18H2,1H3,(H,27,29)(H,28,30)/t19-,26+/m1/s1. The molecule has 2 N–H and O–H groups in total. The van der Waals surface area contributed by atoms with Crippen molar-refractivity contribution in [3.8, 4) is 11.1 Å². The minimum atomic E-state index is -0.352. The number of thiophene rings is 1. The van der Waals surface area contributed by atoms with Crippen LogP contribution >= 0.6 is 11.3 Å². The molecular weight excluding hydrogens is 404 g/mol. The number of carbonyl (C=O) groups excluding carboxylic acids is 2. The van der Waals surface area contributed by atoms with E-state index in [-0.39, 0.29) is 23.4 Å². The van der Waals surface area contributed by atoms with Gasteiger partial charge in [-0.3, -0.25) is 9.59 Å². The Balaban J connectivity index is 1.39. The summed E-state index contributed by atoms with van der Waals surface area (Å²) in [6, 6.07) is 22.9. The molecule has 0 saturated carbocycles. The van der Waals surface area contributed by atoms with Crippen LogP contribution in [0.5, 0.6) is 0 Å². The SMILES string of the molecule is C[C@@H](NC(=O)CC[C@@]1(Cc2ccc(-c3ccccc3)cc2)CCC(=O)N1)c1cccs1. The zero-order valence-electron chi connectivity index (χ0n) is 17.8. The number of amides is 2. The predicted octanol–water partition coefficient (Wildman–Crippen LogP) is 5.26. The van der Waals surface area contributed by atoms with Crippen molar-refractivity contribution in [1.29, 1.82) is 0 Å². The molecule has 2 heterocycles. The van der Waals surface area contributed by atoms with E-state index >= 15 is 0 Å². The summed E-state index contributed by atoms with van der Waals surface area (Å²) in [6.07, 6.45) is 3.07. The van der Waals surface area contributed by atoms with E-state index in [0.717, 1.165) is 17.7 Å². The van der Waals surface area contributed by atoms with E-state index in [1.807, 2.05) is 42.6 Å². The number of nitrogens with one attached hydrogen (secondary N) is 2. The van der Waals surface area contributed by atoms with E-state index in [2.05, 4.69) is 47.0 Å². The highest BCUT2D eigenvalue weighted by molar-refractivity contribution is 7.10. The molecule has 0 radical (unpaired) electrons. The number of rotatable bonds is 8. The van der Waals surface area contributed by atoms with E-state index in [0.29, 0.717) is 19.3 Å². The Bertz CT molecular complexity index is 1020. The van der Waals surface area contributed by atoms with Gasteiger partial charge in [-0.25, -0.2) is 0 Å². The number of benzene rings is 2. The zero-order chi connectivity index (χ0) is 21.7. The summed E-state index contributed by atoms with van der Waals surface area (Å²) in [5, 5.41) is 8.28. The molecule has 0 bridgehead atoms. The van der Waals surface area contributed by atoms with Crippen molar-refractivity contribution in [3.63, 3.8) is 0 Å². The number of hydrogen-bond donors (Lipinski definition) is 2. The minimum absolute atomic E-state index is 0.00662. The third-order valence-electron chi connectivity index (χ3n) is 6.02. The molecule has 0 spiro atoms. The summed E-state index contributed by atoms with van der Waals surface area (Å²) < 4.78 is 0. The van der Waals surface area contributed by atoms with Crippen molar-refractivity contribution in [3.05, 3.63) is 82.6 Å². The van der Waals surface area contributed by atoms with Crippen LogP contribution in [-0.2, 0) is 16.0 Å². The molecule has 31 heavy (non-hydrogen) atoms. The van der Waals surface area contributed by atoms with Crippen molar-refractivity contribution < 1.29 is 9.59 Å². The second kappa shape index (κ2) is 9.48. The second-order valence-corrected chi connectivity index (χ2v) is 9.35. The molecule has 1 fully saturated rings. The Morgan fingerprint density at radius 3 is 2.45 bits per heavy atom. The first-order valence-corrected chi connectivity index (χ1v) is 11.7. The monoisotopic (exact) mass is 432 g/mol. The molecule has 0 aliphatic carbocycles. The van der Waals surface area contributed by atoms with Gasteiger partial charge in [-0.2, -0.15) is 0 Å². The van der Waals surface area contributed by atoms with Crippen LogP contribution in [0.1, 0.15) is 49.1 Å². The highest BCUT2D eigenvalue weighted by Gasteiger charge is 2.37. The first-order chi connectivity index (χ1) is 15.0. The van der Waals surface area contributed by atoms with Gasteiger partial charge < -0.3 is 10.6 Å². The van der Waals surface area contributed by atoms with Gasteiger partial charge in [0.1, 0.15) is 0 Å². The van der Waals surface area contributed by atoms with Crippen LogP contribution in [0.2, 0.25) is 0 Å². The fourth-order valence-corrected chi connectivity index (χ4v) is 5.03. The maximum absolute atomic E-state index is 12.6. The second-order valence-electron chi connectivity index (χ2n) is 8.37. The number of hydrogen-bond acceptors (Lipinski definition) is 3. The van der Waals surface area contributed by atoms with Crippen molar-refractivity contribution in [2.45, 2.75) is 50.6 Å². The third kappa shape index (κ3) is 5.42. The van der Waals surface area contributed by atoms with Gasteiger partial charge in [0.2, 0.25) is 11.8 Å². The maximum atomic E-state index is 12.6. The molecule has 2 amide bonds.